The van der Waals surface area contributed by atoms with Crippen molar-refractivity contribution >= 4 is 0 Å². The molecule has 1 aromatic rings. The van der Waals surface area contributed by atoms with Crippen molar-refractivity contribution in [1.82, 2.24) is 5.32 Å². The van der Waals surface area contributed by atoms with E-state index in [9.17, 15) is 0 Å². The monoisotopic (exact) mass is 233 g/mol. The molecule has 1 aromatic carbocycles. The van der Waals surface area contributed by atoms with Crippen molar-refractivity contribution in [3.8, 4) is 5.75 Å². The minimum Gasteiger partial charge on any atom is -0.496 e. The zero-order valence-electron chi connectivity index (χ0n) is 11.2. The highest BCUT2D eigenvalue weighted by Gasteiger charge is 2.17. The van der Waals surface area contributed by atoms with Gasteiger partial charge in [-0.3, -0.25) is 0 Å². The second-order valence-corrected chi connectivity index (χ2v) is 5.09. The lowest BCUT2D eigenvalue weighted by atomic mass is 9.88. The largest absolute Gasteiger partial charge is 0.496 e. The molecule has 2 heteroatoms. The fraction of sp³-hybridized carbons (Fsp3) is 0.600. The van der Waals surface area contributed by atoms with Crippen LogP contribution in [0.4, 0.5) is 0 Å². The summed E-state index contributed by atoms with van der Waals surface area (Å²) in [6, 6.07) is 4.26. The minimum atomic E-state index is 0.811. The van der Waals surface area contributed by atoms with Crippen LogP contribution in [-0.2, 0) is 6.42 Å². The smallest absolute Gasteiger partial charge is 0.122 e. The van der Waals surface area contributed by atoms with Crippen LogP contribution in [0.3, 0.4) is 0 Å². The van der Waals surface area contributed by atoms with Gasteiger partial charge in [0.2, 0.25) is 0 Å². The summed E-state index contributed by atoms with van der Waals surface area (Å²) in [5.74, 6) is 1.87. The summed E-state index contributed by atoms with van der Waals surface area (Å²) in [5.41, 5.74) is 4.19. The molecule has 0 unspecified atom stereocenters. The average molecular weight is 233 g/mol. The normalized spacial score (nSPS) is 17.1. The second kappa shape index (κ2) is 5.54. The van der Waals surface area contributed by atoms with Gasteiger partial charge >= 0.3 is 0 Å². The highest BCUT2D eigenvalue weighted by molar-refractivity contribution is 5.44. The third-order valence-electron chi connectivity index (χ3n) is 4.00. The molecule has 1 aliphatic heterocycles. The molecular formula is C15H23NO. The molecule has 2 rings (SSSR count). The number of methoxy groups -OCH3 is 1. The van der Waals surface area contributed by atoms with E-state index in [0.717, 1.165) is 24.8 Å². The third-order valence-corrected chi connectivity index (χ3v) is 4.00. The Bertz CT molecular complexity index is 381. The summed E-state index contributed by atoms with van der Waals surface area (Å²) in [6.45, 7) is 6.73. The summed E-state index contributed by atoms with van der Waals surface area (Å²) in [7, 11) is 1.77. The van der Waals surface area contributed by atoms with Gasteiger partial charge in [-0.25, -0.2) is 0 Å². The molecule has 1 fully saturated rings. The molecule has 0 amide bonds. The van der Waals surface area contributed by atoms with Crippen molar-refractivity contribution in [3.05, 3.63) is 28.8 Å². The van der Waals surface area contributed by atoms with Gasteiger partial charge in [0.1, 0.15) is 5.75 Å². The Morgan fingerprint density at radius 2 is 1.94 bits per heavy atom. The number of rotatable bonds is 3. The van der Waals surface area contributed by atoms with Gasteiger partial charge in [0.05, 0.1) is 7.11 Å². The molecule has 1 N–H and O–H groups in total. The van der Waals surface area contributed by atoms with E-state index in [1.807, 2.05) is 0 Å². The van der Waals surface area contributed by atoms with Crippen molar-refractivity contribution in [2.75, 3.05) is 20.2 Å². The maximum absolute atomic E-state index is 5.51. The summed E-state index contributed by atoms with van der Waals surface area (Å²) in [5, 5.41) is 3.42. The number of hydrogen-bond donors (Lipinski definition) is 1. The molecular weight excluding hydrogens is 210 g/mol. The maximum Gasteiger partial charge on any atom is 0.122 e. The molecule has 1 saturated heterocycles. The van der Waals surface area contributed by atoms with Crippen LogP contribution in [0.5, 0.6) is 5.75 Å². The van der Waals surface area contributed by atoms with E-state index in [2.05, 4.69) is 31.3 Å². The first kappa shape index (κ1) is 12.4. The topological polar surface area (TPSA) is 21.3 Å². The number of benzene rings is 1. The van der Waals surface area contributed by atoms with Crippen LogP contribution >= 0.6 is 0 Å². The van der Waals surface area contributed by atoms with Crippen molar-refractivity contribution in [3.63, 3.8) is 0 Å². The summed E-state index contributed by atoms with van der Waals surface area (Å²) in [4.78, 5) is 0. The molecule has 94 valence electrons. The highest BCUT2D eigenvalue weighted by atomic mass is 16.5. The first-order valence-electron chi connectivity index (χ1n) is 6.56. The molecule has 0 aliphatic carbocycles. The first-order valence-corrected chi connectivity index (χ1v) is 6.56. The van der Waals surface area contributed by atoms with E-state index < -0.39 is 0 Å². The Morgan fingerprint density at radius 3 is 2.59 bits per heavy atom. The molecule has 1 heterocycles. The van der Waals surface area contributed by atoms with E-state index in [0.29, 0.717) is 0 Å². The standard InChI is InChI=1S/C15H23NO/c1-11-4-5-15(17-3)14(12(11)2)10-13-6-8-16-9-7-13/h4-5,13,16H,6-10H2,1-3H3. The molecule has 0 radical (unpaired) electrons. The summed E-state index contributed by atoms with van der Waals surface area (Å²) in [6.07, 6.45) is 3.74. The van der Waals surface area contributed by atoms with Crippen LogP contribution in [0.1, 0.15) is 29.5 Å². The van der Waals surface area contributed by atoms with Gasteiger partial charge in [0, 0.05) is 0 Å². The van der Waals surface area contributed by atoms with Crippen LogP contribution in [0.15, 0.2) is 12.1 Å². The van der Waals surface area contributed by atoms with E-state index in [1.54, 1.807) is 7.11 Å². The lowest BCUT2D eigenvalue weighted by molar-refractivity contribution is 0.360. The number of piperidine rings is 1. The average Bonchev–Trinajstić information content (AvgIpc) is 2.37. The van der Waals surface area contributed by atoms with Crippen molar-refractivity contribution in [2.45, 2.75) is 33.1 Å². The van der Waals surface area contributed by atoms with Crippen molar-refractivity contribution in [2.24, 2.45) is 5.92 Å². The van der Waals surface area contributed by atoms with Gasteiger partial charge in [0.15, 0.2) is 0 Å². The predicted molar refractivity (Wildman–Crippen MR) is 71.8 cm³/mol. The van der Waals surface area contributed by atoms with Crippen molar-refractivity contribution in [1.29, 1.82) is 0 Å². The number of aryl methyl sites for hydroxylation is 1. The summed E-state index contributed by atoms with van der Waals surface area (Å²) < 4.78 is 5.51. The molecule has 0 saturated carbocycles. The predicted octanol–water partition coefficient (Wildman–Crippen LogP) is 2.85. The Kier molecular flexibility index (Phi) is 4.06. The Hall–Kier alpha value is -1.02. The Morgan fingerprint density at radius 1 is 1.24 bits per heavy atom. The molecule has 1 aliphatic rings. The molecule has 17 heavy (non-hydrogen) atoms. The van der Waals surface area contributed by atoms with Gasteiger partial charge in [-0.2, -0.15) is 0 Å². The lowest BCUT2D eigenvalue weighted by Gasteiger charge is -2.24. The highest BCUT2D eigenvalue weighted by Crippen LogP contribution is 2.29. The zero-order chi connectivity index (χ0) is 12.3. The molecule has 0 atom stereocenters. The molecule has 2 nitrogen and oxygen atoms in total. The lowest BCUT2D eigenvalue weighted by Crippen LogP contribution is -2.28. The number of hydrogen-bond acceptors (Lipinski definition) is 2. The van der Waals surface area contributed by atoms with Gasteiger partial charge in [-0.1, -0.05) is 6.07 Å². The van der Waals surface area contributed by atoms with E-state index in [4.69, 9.17) is 4.74 Å². The molecule has 0 bridgehead atoms. The quantitative estimate of drug-likeness (QED) is 0.867. The third kappa shape index (κ3) is 2.81. The maximum atomic E-state index is 5.51. The first-order chi connectivity index (χ1) is 8.22. The van der Waals surface area contributed by atoms with Crippen LogP contribution in [0.2, 0.25) is 0 Å². The van der Waals surface area contributed by atoms with Gasteiger partial charge in [0.25, 0.3) is 0 Å². The number of ether oxygens (including phenoxy) is 1. The van der Waals surface area contributed by atoms with Crippen LogP contribution in [0, 0.1) is 19.8 Å². The Labute approximate surface area is 104 Å². The zero-order valence-corrected chi connectivity index (χ0v) is 11.2. The summed E-state index contributed by atoms with van der Waals surface area (Å²) >= 11 is 0. The second-order valence-electron chi connectivity index (χ2n) is 5.09. The van der Waals surface area contributed by atoms with Gasteiger partial charge in [-0.15, -0.1) is 0 Å². The molecule has 0 spiro atoms. The van der Waals surface area contributed by atoms with Crippen LogP contribution < -0.4 is 10.1 Å². The Balaban J connectivity index is 2.20. The van der Waals surface area contributed by atoms with Gasteiger partial charge in [-0.05, 0) is 74.9 Å². The SMILES string of the molecule is COc1ccc(C)c(C)c1CC1CCNCC1. The van der Waals surface area contributed by atoms with E-state index in [-0.39, 0.29) is 0 Å². The van der Waals surface area contributed by atoms with Gasteiger partial charge < -0.3 is 10.1 Å². The number of nitrogens with one attached hydrogen (secondary N) is 1. The van der Waals surface area contributed by atoms with Crippen LogP contribution in [0.25, 0.3) is 0 Å². The van der Waals surface area contributed by atoms with E-state index in [1.165, 1.54) is 36.0 Å². The van der Waals surface area contributed by atoms with Crippen LogP contribution in [-0.4, -0.2) is 20.2 Å². The fourth-order valence-electron chi connectivity index (χ4n) is 2.67. The minimum absolute atomic E-state index is 0.811. The van der Waals surface area contributed by atoms with E-state index >= 15 is 0 Å². The molecule has 0 aromatic heterocycles. The van der Waals surface area contributed by atoms with Crippen molar-refractivity contribution < 1.29 is 4.74 Å². The fourth-order valence-corrected chi connectivity index (χ4v) is 2.67.